The van der Waals surface area contributed by atoms with Gasteiger partial charge in [0, 0.05) is 30.4 Å². The lowest BCUT2D eigenvalue weighted by Crippen LogP contribution is -2.66. The number of pyridine rings is 1. The van der Waals surface area contributed by atoms with Crippen LogP contribution < -0.4 is 0 Å². The zero-order chi connectivity index (χ0) is 24.8. The minimum atomic E-state index is -1.49. The van der Waals surface area contributed by atoms with E-state index in [1.165, 1.54) is 4.80 Å². The maximum absolute atomic E-state index is 14.0. The highest BCUT2D eigenvalue weighted by atomic mass is 19.2. The number of hydrogen-bond acceptors (Lipinski definition) is 6. The topological polar surface area (TPSA) is 81.7 Å². The molecule has 1 aromatic carbocycles. The molecule has 8 nitrogen and oxygen atoms in total. The van der Waals surface area contributed by atoms with Crippen molar-refractivity contribution in [1.82, 2.24) is 34.7 Å². The quantitative estimate of drug-likeness (QED) is 0.321. The summed E-state index contributed by atoms with van der Waals surface area (Å²) in [6.45, 7) is 0. The standard InChI is InChI=1S/C25H20F3N7O/c1-33-23(13-9-16(26)20(28)17(27)10-13)15-11-14-4-5-25(12-19(34(14)25)21(15)32-33)24(36)22-18(3-2-6-29-22)35-30-7-8-31-35/h2-3,6-10,14,19H,4-5,11-12H2,1H3/t14-,19+,25?/m0/s1. The van der Waals surface area contributed by atoms with Crippen molar-refractivity contribution in [3.63, 3.8) is 0 Å². The van der Waals surface area contributed by atoms with Crippen LogP contribution in [-0.4, -0.2) is 52.0 Å². The molecule has 182 valence electrons. The third-order valence-corrected chi connectivity index (χ3v) is 7.89. The van der Waals surface area contributed by atoms with Crippen LogP contribution in [0.3, 0.4) is 0 Å². The van der Waals surface area contributed by atoms with E-state index < -0.39 is 23.0 Å². The van der Waals surface area contributed by atoms with Crippen LogP contribution in [-0.2, 0) is 13.5 Å². The minimum absolute atomic E-state index is 0.0589. The van der Waals surface area contributed by atoms with Crippen molar-refractivity contribution < 1.29 is 18.0 Å². The Morgan fingerprint density at radius 3 is 2.61 bits per heavy atom. The maximum Gasteiger partial charge on any atom is 0.203 e. The molecule has 0 N–H and O–H groups in total. The van der Waals surface area contributed by atoms with Crippen LogP contribution in [0.25, 0.3) is 16.9 Å². The summed E-state index contributed by atoms with van der Waals surface area (Å²) < 4.78 is 43.2. The number of halogens is 3. The normalized spacial score (nSPS) is 24.3. The van der Waals surface area contributed by atoms with Gasteiger partial charge in [0.1, 0.15) is 11.4 Å². The van der Waals surface area contributed by atoms with E-state index in [4.69, 9.17) is 5.10 Å². The van der Waals surface area contributed by atoms with Crippen LogP contribution in [0.15, 0.2) is 42.9 Å². The van der Waals surface area contributed by atoms with E-state index in [0.717, 1.165) is 29.8 Å². The molecule has 3 atom stereocenters. The SMILES string of the molecule is Cn1nc2c(c1-c1cc(F)c(F)c(F)c1)C[C@@H]1CCC3(C(=O)c4ncccc4-n4nccn4)C[C@H]2N13. The predicted octanol–water partition coefficient (Wildman–Crippen LogP) is 3.57. The first-order chi connectivity index (χ1) is 17.4. The number of benzene rings is 1. The number of nitrogens with zero attached hydrogens (tertiary/aromatic N) is 7. The van der Waals surface area contributed by atoms with Crippen molar-refractivity contribution in [3.8, 4) is 16.9 Å². The Kier molecular flexibility index (Phi) is 4.36. The van der Waals surface area contributed by atoms with Crippen molar-refractivity contribution in [1.29, 1.82) is 0 Å². The fraction of sp³-hybridized carbons (Fsp3) is 0.320. The largest absolute Gasteiger partial charge is 0.290 e. The van der Waals surface area contributed by atoms with Gasteiger partial charge < -0.3 is 0 Å². The van der Waals surface area contributed by atoms with E-state index >= 15 is 0 Å². The van der Waals surface area contributed by atoms with Crippen molar-refractivity contribution in [2.75, 3.05) is 0 Å². The average molecular weight is 491 g/mol. The van der Waals surface area contributed by atoms with Gasteiger partial charge in [0.15, 0.2) is 17.5 Å². The lowest BCUT2D eigenvalue weighted by atomic mass is 9.71. The molecule has 2 fully saturated rings. The smallest absolute Gasteiger partial charge is 0.203 e. The van der Waals surface area contributed by atoms with E-state index in [2.05, 4.69) is 20.1 Å². The Labute approximate surface area is 203 Å². The van der Waals surface area contributed by atoms with Crippen molar-refractivity contribution in [2.24, 2.45) is 7.05 Å². The Balaban J connectivity index is 1.27. The fourth-order valence-electron chi connectivity index (χ4n) is 6.48. The monoisotopic (exact) mass is 491 g/mol. The first-order valence-corrected chi connectivity index (χ1v) is 11.7. The van der Waals surface area contributed by atoms with Gasteiger partial charge in [-0.05, 0) is 49.9 Å². The molecule has 7 rings (SSSR count). The zero-order valence-electron chi connectivity index (χ0n) is 19.2. The van der Waals surface area contributed by atoms with Crippen LogP contribution in [0, 0.1) is 17.5 Å². The summed E-state index contributed by atoms with van der Waals surface area (Å²) in [5.74, 6) is -4.01. The summed E-state index contributed by atoms with van der Waals surface area (Å²) in [6.07, 6.45) is 7.33. The Morgan fingerprint density at radius 1 is 1.11 bits per heavy atom. The number of hydrogen-bond donors (Lipinski definition) is 0. The highest BCUT2D eigenvalue weighted by Gasteiger charge is 2.65. The molecule has 36 heavy (non-hydrogen) atoms. The molecule has 3 aromatic heterocycles. The summed E-state index contributed by atoms with van der Waals surface area (Å²) in [6, 6.07) is 5.54. The minimum Gasteiger partial charge on any atom is -0.290 e. The number of aryl methyl sites for hydroxylation is 1. The van der Waals surface area contributed by atoms with Gasteiger partial charge in [-0.25, -0.2) is 13.2 Å². The number of aromatic nitrogens is 6. The molecule has 0 radical (unpaired) electrons. The second-order valence-electron chi connectivity index (χ2n) is 9.66. The molecule has 6 heterocycles. The number of ketones is 1. The molecular weight excluding hydrogens is 471 g/mol. The number of fused-ring (bicyclic) bond motifs is 2. The third kappa shape index (κ3) is 2.71. The molecule has 2 saturated heterocycles. The Hall–Kier alpha value is -3.86. The summed E-state index contributed by atoms with van der Waals surface area (Å²) in [5.41, 5.74) is 2.71. The molecule has 0 amide bonds. The Bertz CT molecular complexity index is 1530. The van der Waals surface area contributed by atoms with Crippen LogP contribution in [0.5, 0.6) is 0 Å². The third-order valence-electron chi connectivity index (χ3n) is 7.89. The number of carbonyl (C=O) groups is 1. The van der Waals surface area contributed by atoms with E-state index in [1.807, 2.05) is 0 Å². The highest BCUT2D eigenvalue weighted by molar-refractivity contribution is 6.05. The summed E-state index contributed by atoms with van der Waals surface area (Å²) in [5, 5.41) is 13.0. The van der Waals surface area contributed by atoms with Gasteiger partial charge in [0.05, 0.1) is 35.4 Å². The molecule has 0 saturated carbocycles. The van der Waals surface area contributed by atoms with Crippen molar-refractivity contribution in [2.45, 2.75) is 43.3 Å². The summed E-state index contributed by atoms with van der Waals surface area (Å²) >= 11 is 0. The van der Waals surface area contributed by atoms with Gasteiger partial charge in [0.2, 0.25) is 5.78 Å². The summed E-state index contributed by atoms with van der Waals surface area (Å²) in [4.78, 5) is 22.0. The molecule has 3 aliphatic heterocycles. The zero-order valence-corrected chi connectivity index (χ0v) is 19.2. The van der Waals surface area contributed by atoms with Crippen LogP contribution in [0.4, 0.5) is 13.2 Å². The molecule has 1 unspecified atom stereocenters. The van der Waals surface area contributed by atoms with E-state index in [1.54, 1.807) is 42.5 Å². The van der Waals surface area contributed by atoms with Gasteiger partial charge >= 0.3 is 0 Å². The molecule has 4 aromatic rings. The van der Waals surface area contributed by atoms with Crippen LogP contribution in [0.2, 0.25) is 0 Å². The predicted molar refractivity (Wildman–Crippen MR) is 121 cm³/mol. The van der Waals surface area contributed by atoms with E-state index in [0.29, 0.717) is 36.3 Å². The molecule has 0 aliphatic carbocycles. The first kappa shape index (κ1) is 21.4. The lowest BCUT2D eigenvalue weighted by Gasteiger charge is -2.57. The molecule has 3 aliphatic rings. The van der Waals surface area contributed by atoms with E-state index in [9.17, 15) is 18.0 Å². The van der Waals surface area contributed by atoms with Crippen molar-refractivity contribution in [3.05, 3.63) is 77.3 Å². The van der Waals surface area contributed by atoms with Crippen LogP contribution >= 0.6 is 0 Å². The number of Topliss-reactive ketones (excluding diaryl/α,β-unsaturated/α-hetero) is 1. The lowest BCUT2D eigenvalue weighted by molar-refractivity contribution is -0.0555. The van der Waals surface area contributed by atoms with Gasteiger partial charge in [-0.1, -0.05) is 0 Å². The molecule has 0 spiro atoms. The molecular formula is C25H20F3N7O. The Morgan fingerprint density at radius 2 is 1.86 bits per heavy atom. The number of rotatable bonds is 4. The van der Waals surface area contributed by atoms with Gasteiger partial charge in [0.25, 0.3) is 0 Å². The van der Waals surface area contributed by atoms with Crippen LogP contribution in [0.1, 0.15) is 47.1 Å². The fourth-order valence-corrected chi connectivity index (χ4v) is 6.48. The average Bonchev–Trinajstić information content (AvgIpc) is 3.56. The second kappa shape index (κ2) is 7.33. The van der Waals surface area contributed by atoms with Gasteiger partial charge in [-0.2, -0.15) is 15.3 Å². The number of carbonyl (C=O) groups excluding carboxylic acids is 1. The summed E-state index contributed by atoms with van der Waals surface area (Å²) in [7, 11) is 1.71. The maximum atomic E-state index is 14.0. The van der Waals surface area contributed by atoms with E-state index in [-0.39, 0.29) is 23.4 Å². The highest BCUT2D eigenvalue weighted by Crippen LogP contribution is 2.60. The first-order valence-electron chi connectivity index (χ1n) is 11.7. The van der Waals surface area contributed by atoms with Gasteiger partial charge in [-0.3, -0.25) is 19.4 Å². The molecule has 11 heteroatoms. The second-order valence-corrected chi connectivity index (χ2v) is 9.66. The van der Waals surface area contributed by atoms with Gasteiger partial charge in [-0.15, -0.1) is 4.80 Å². The molecule has 0 bridgehead atoms. The van der Waals surface area contributed by atoms with Crippen molar-refractivity contribution >= 4 is 5.78 Å².